The average molecular weight is 246 g/mol. The quantitative estimate of drug-likeness (QED) is 0.778. The summed E-state index contributed by atoms with van der Waals surface area (Å²) in [7, 11) is 1.58. The van der Waals surface area contributed by atoms with Gasteiger partial charge in [0.2, 0.25) is 5.91 Å². The normalized spacial score (nSPS) is 11.6. The lowest BCUT2D eigenvalue weighted by Crippen LogP contribution is -2.28. The summed E-state index contributed by atoms with van der Waals surface area (Å²) in [5, 5.41) is 11.8. The third-order valence-electron chi connectivity index (χ3n) is 2.65. The molecule has 0 saturated carbocycles. The van der Waals surface area contributed by atoms with Gasteiger partial charge in [-0.1, -0.05) is 29.8 Å². The molecule has 1 unspecified atom stereocenters. The summed E-state index contributed by atoms with van der Waals surface area (Å²) in [6.45, 7) is 2.94. The van der Waals surface area contributed by atoms with Gasteiger partial charge in [-0.05, 0) is 12.5 Å². The second-order valence-corrected chi connectivity index (χ2v) is 4.14. The summed E-state index contributed by atoms with van der Waals surface area (Å²) in [5.74, 6) is -0.521. The van der Waals surface area contributed by atoms with Crippen LogP contribution < -0.4 is 5.32 Å². The third-order valence-corrected chi connectivity index (χ3v) is 2.65. The molecule has 0 saturated heterocycles. The Hall–Kier alpha value is -1.86. The van der Waals surface area contributed by atoms with E-state index in [1.807, 2.05) is 31.2 Å². The molecule has 0 aliphatic heterocycles. The van der Waals surface area contributed by atoms with Gasteiger partial charge in [0.15, 0.2) is 0 Å². The largest absolute Gasteiger partial charge is 0.383 e. The van der Waals surface area contributed by atoms with Crippen LogP contribution in [0.1, 0.15) is 23.5 Å². The lowest BCUT2D eigenvalue weighted by molar-refractivity contribution is -0.121. The highest BCUT2D eigenvalue weighted by Crippen LogP contribution is 2.19. The minimum Gasteiger partial charge on any atom is -0.383 e. The minimum atomic E-state index is -0.395. The van der Waals surface area contributed by atoms with Crippen molar-refractivity contribution in [3.8, 4) is 6.07 Å². The van der Waals surface area contributed by atoms with Crippen molar-refractivity contribution in [2.45, 2.75) is 19.3 Å². The first-order valence-corrected chi connectivity index (χ1v) is 5.89. The first-order chi connectivity index (χ1) is 8.67. The molecule has 4 heteroatoms. The summed E-state index contributed by atoms with van der Waals surface area (Å²) < 4.78 is 4.84. The van der Waals surface area contributed by atoms with Gasteiger partial charge in [0, 0.05) is 20.1 Å². The van der Waals surface area contributed by atoms with E-state index >= 15 is 0 Å². The second kappa shape index (κ2) is 7.46. The van der Waals surface area contributed by atoms with Crippen molar-refractivity contribution in [1.82, 2.24) is 5.32 Å². The Morgan fingerprint density at radius 2 is 2.11 bits per heavy atom. The van der Waals surface area contributed by atoms with Gasteiger partial charge in [0.05, 0.1) is 18.6 Å². The van der Waals surface area contributed by atoms with Gasteiger partial charge in [-0.2, -0.15) is 5.26 Å². The van der Waals surface area contributed by atoms with Gasteiger partial charge in [0.25, 0.3) is 0 Å². The molecule has 0 fully saturated rings. The fourth-order valence-corrected chi connectivity index (χ4v) is 1.59. The lowest BCUT2D eigenvalue weighted by Gasteiger charge is -2.10. The SMILES string of the molecule is COCCNC(=O)CC(C#N)c1ccc(C)cc1. The molecular formula is C14H18N2O2. The Bertz CT molecular complexity index is 420. The summed E-state index contributed by atoms with van der Waals surface area (Å²) in [5.41, 5.74) is 2.02. The highest BCUT2D eigenvalue weighted by molar-refractivity contribution is 5.77. The van der Waals surface area contributed by atoms with Crippen molar-refractivity contribution < 1.29 is 9.53 Å². The molecule has 0 radical (unpaired) electrons. The highest BCUT2D eigenvalue weighted by Gasteiger charge is 2.14. The Kier molecular flexibility index (Phi) is 5.89. The zero-order valence-electron chi connectivity index (χ0n) is 10.8. The molecule has 1 amide bonds. The number of hydrogen-bond acceptors (Lipinski definition) is 3. The van der Waals surface area contributed by atoms with E-state index < -0.39 is 5.92 Å². The summed E-state index contributed by atoms with van der Waals surface area (Å²) in [4.78, 5) is 11.6. The molecule has 0 spiro atoms. The zero-order valence-corrected chi connectivity index (χ0v) is 10.8. The van der Waals surface area contributed by atoms with Crippen molar-refractivity contribution >= 4 is 5.91 Å². The van der Waals surface area contributed by atoms with Gasteiger partial charge in [-0.15, -0.1) is 0 Å². The van der Waals surface area contributed by atoms with Crippen LogP contribution in [0.2, 0.25) is 0 Å². The van der Waals surface area contributed by atoms with Crippen molar-refractivity contribution in [3.63, 3.8) is 0 Å². The van der Waals surface area contributed by atoms with E-state index in [1.165, 1.54) is 0 Å². The fraction of sp³-hybridized carbons (Fsp3) is 0.429. The van der Waals surface area contributed by atoms with E-state index in [1.54, 1.807) is 7.11 Å². The number of benzene rings is 1. The van der Waals surface area contributed by atoms with Gasteiger partial charge in [0.1, 0.15) is 0 Å². The van der Waals surface area contributed by atoms with E-state index in [9.17, 15) is 4.79 Å². The van der Waals surface area contributed by atoms with Crippen molar-refractivity contribution in [3.05, 3.63) is 35.4 Å². The van der Waals surface area contributed by atoms with E-state index in [4.69, 9.17) is 10.00 Å². The molecule has 0 heterocycles. The Labute approximate surface area is 108 Å². The van der Waals surface area contributed by atoms with E-state index in [0.717, 1.165) is 11.1 Å². The molecule has 0 aliphatic rings. The van der Waals surface area contributed by atoms with Crippen LogP contribution in [-0.2, 0) is 9.53 Å². The Balaban J connectivity index is 2.54. The van der Waals surface area contributed by atoms with Crippen LogP contribution in [0.3, 0.4) is 0 Å². The molecule has 96 valence electrons. The topological polar surface area (TPSA) is 62.1 Å². The van der Waals surface area contributed by atoms with E-state index in [-0.39, 0.29) is 12.3 Å². The molecule has 1 aromatic rings. The van der Waals surface area contributed by atoms with Crippen LogP contribution in [0.4, 0.5) is 0 Å². The summed E-state index contributed by atoms with van der Waals surface area (Å²) >= 11 is 0. The average Bonchev–Trinajstić information content (AvgIpc) is 2.37. The standard InChI is InChI=1S/C14H18N2O2/c1-11-3-5-12(6-4-11)13(10-15)9-14(17)16-7-8-18-2/h3-6,13H,7-9H2,1-2H3,(H,16,17). The molecule has 18 heavy (non-hydrogen) atoms. The molecule has 0 bridgehead atoms. The maximum atomic E-state index is 11.6. The number of nitrogens with zero attached hydrogens (tertiary/aromatic N) is 1. The van der Waals surface area contributed by atoms with Crippen LogP contribution >= 0.6 is 0 Å². The Morgan fingerprint density at radius 1 is 1.44 bits per heavy atom. The molecule has 0 aromatic heterocycles. The van der Waals surface area contributed by atoms with Crippen LogP contribution in [0, 0.1) is 18.3 Å². The number of hydrogen-bond donors (Lipinski definition) is 1. The van der Waals surface area contributed by atoms with Crippen molar-refractivity contribution in [1.29, 1.82) is 5.26 Å². The maximum absolute atomic E-state index is 11.6. The zero-order chi connectivity index (χ0) is 13.4. The molecule has 1 aromatic carbocycles. The number of amides is 1. The maximum Gasteiger partial charge on any atom is 0.221 e. The van der Waals surface area contributed by atoms with Crippen LogP contribution in [0.5, 0.6) is 0 Å². The number of carbonyl (C=O) groups excluding carboxylic acids is 1. The first kappa shape index (κ1) is 14.2. The number of nitrogens with one attached hydrogen (secondary N) is 1. The van der Waals surface area contributed by atoms with Gasteiger partial charge in [-0.3, -0.25) is 4.79 Å². The number of nitriles is 1. The monoisotopic (exact) mass is 246 g/mol. The van der Waals surface area contributed by atoms with Crippen LogP contribution in [0.15, 0.2) is 24.3 Å². The smallest absolute Gasteiger partial charge is 0.221 e. The number of ether oxygens (including phenoxy) is 1. The molecular weight excluding hydrogens is 228 g/mol. The minimum absolute atomic E-state index is 0.126. The molecule has 4 nitrogen and oxygen atoms in total. The van der Waals surface area contributed by atoms with E-state index in [0.29, 0.717) is 13.2 Å². The second-order valence-electron chi connectivity index (χ2n) is 4.14. The van der Waals surface area contributed by atoms with Crippen LogP contribution in [0.25, 0.3) is 0 Å². The number of carbonyl (C=O) groups is 1. The molecule has 1 N–H and O–H groups in total. The predicted octanol–water partition coefficient (Wildman–Crippen LogP) is 1.75. The molecule has 1 rings (SSSR count). The summed E-state index contributed by atoms with van der Waals surface area (Å²) in [6, 6.07) is 9.85. The van der Waals surface area contributed by atoms with Crippen molar-refractivity contribution in [2.75, 3.05) is 20.3 Å². The number of aryl methyl sites for hydroxylation is 1. The van der Waals surface area contributed by atoms with Gasteiger partial charge < -0.3 is 10.1 Å². The predicted molar refractivity (Wildman–Crippen MR) is 69.0 cm³/mol. The number of rotatable bonds is 6. The summed E-state index contributed by atoms with van der Waals surface area (Å²) in [6.07, 6.45) is 0.184. The van der Waals surface area contributed by atoms with Crippen molar-refractivity contribution in [2.24, 2.45) is 0 Å². The van der Waals surface area contributed by atoms with E-state index in [2.05, 4.69) is 11.4 Å². The van der Waals surface area contributed by atoms with Crippen LogP contribution in [-0.4, -0.2) is 26.2 Å². The first-order valence-electron chi connectivity index (χ1n) is 5.89. The lowest BCUT2D eigenvalue weighted by atomic mass is 9.96. The van der Waals surface area contributed by atoms with Gasteiger partial charge in [-0.25, -0.2) is 0 Å². The molecule has 1 atom stereocenters. The third kappa shape index (κ3) is 4.56. The Morgan fingerprint density at radius 3 is 2.67 bits per heavy atom. The van der Waals surface area contributed by atoms with Gasteiger partial charge >= 0.3 is 0 Å². The fourth-order valence-electron chi connectivity index (χ4n) is 1.59. The molecule has 0 aliphatic carbocycles. The highest BCUT2D eigenvalue weighted by atomic mass is 16.5. The number of methoxy groups -OCH3 is 1.